The van der Waals surface area contributed by atoms with Crippen molar-refractivity contribution in [3.05, 3.63) is 57.1 Å². The molecule has 6 heteroatoms. The summed E-state index contributed by atoms with van der Waals surface area (Å²) < 4.78 is 2.31. The molecule has 1 saturated heterocycles. The summed E-state index contributed by atoms with van der Waals surface area (Å²) in [5.74, 6) is 0. The van der Waals surface area contributed by atoms with E-state index in [1.54, 1.807) is 0 Å². The third-order valence-corrected chi connectivity index (χ3v) is 5.99. The molecule has 1 aliphatic rings. The van der Waals surface area contributed by atoms with Crippen molar-refractivity contribution in [2.75, 3.05) is 18.4 Å². The fraction of sp³-hybridized carbons (Fsp3) is 0.316. The van der Waals surface area contributed by atoms with Crippen molar-refractivity contribution in [1.82, 2.24) is 15.1 Å². The molecule has 25 heavy (non-hydrogen) atoms. The van der Waals surface area contributed by atoms with Crippen molar-refractivity contribution in [2.24, 2.45) is 0 Å². The van der Waals surface area contributed by atoms with Gasteiger partial charge in [0, 0.05) is 39.2 Å². The molecule has 0 amide bonds. The van der Waals surface area contributed by atoms with Crippen LogP contribution >= 0.6 is 31.9 Å². The zero-order valence-electron chi connectivity index (χ0n) is 13.8. The number of likely N-dealkylation sites (tertiary alicyclic amines) is 1. The van der Waals surface area contributed by atoms with Crippen LogP contribution in [0, 0.1) is 0 Å². The lowest BCUT2D eigenvalue weighted by Gasteiger charge is -2.34. The first-order chi connectivity index (χ1) is 12.2. The van der Waals surface area contributed by atoms with E-state index in [0.29, 0.717) is 6.04 Å². The first-order valence-electron chi connectivity index (χ1n) is 8.53. The van der Waals surface area contributed by atoms with Crippen LogP contribution in [0.4, 0.5) is 5.69 Å². The average Bonchev–Trinajstić information content (AvgIpc) is 3.06. The van der Waals surface area contributed by atoms with Gasteiger partial charge in [-0.25, -0.2) is 0 Å². The van der Waals surface area contributed by atoms with Crippen molar-refractivity contribution in [3.63, 3.8) is 0 Å². The highest BCUT2D eigenvalue weighted by Gasteiger charge is 2.20. The molecule has 2 heterocycles. The topological polar surface area (TPSA) is 44.0 Å². The fourth-order valence-corrected chi connectivity index (χ4v) is 4.27. The van der Waals surface area contributed by atoms with E-state index < -0.39 is 0 Å². The van der Waals surface area contributed by atoms with Crippen molar-refractivity contribution in [1.29, 1.82) is 0 Å². The van der Waals surface area contributed by atoms with Crippen LogP contribution in [0.1, 0.15) is 18.4 Å². The van der Waals surface area contributed by atoms with Gasteiger partial charge in [0.2, 0.25) is 0 Å². The van der Waals surface area contributed by atoms with Crippen LogP contribution in [-0.2, 0) is 6.54 Å². The molecule has 2 aromatic carbocycles. The molecule has 1 unspecified atom stereocenters. The SMILES string of the molecule is Brc1ccc(Br)c(CN2CCCC(Nc3ccc4[nH]ncc4c3)C2)c1. The van der Waals surface area contributed by atoms with Crippen LogP contribution in [0.3, 0.4) is 0 Å². The molecule has 0 aliphatic carbocycles. The number of aromatic amines is 1. The largest absolute Gasteiger partial charge is 0.381 e. The number of nitrogens with zero attached hydrogens (tertiary/aromatic N) is 2. The number of benzene rings is 2. The molecule has 1 atom stereocenters. The normalized spacial score (nSPS) is 18.6. The van der Waals surface area contributed by atoms with Gasteiger partial charge in [-0.15, -0.1) is 0 Å². The number of hydrogen-bond acceptors (Lipinski definition) is 3. The predicted molar refractivity (Wildman–Crippen MR) is 110 cm³/mol. The molecule has 0 spiro atoms. The highest BCUT2D eigenvalue weighted by atomic mass is 79.9. The second kappa shape index (κ2) is 7.48. The predicted octanol–water partition coefficient (Wildman–Crippen LogP) is 5.16. The molecule has 1 aliphatic heterocycles. The lowest BCUT2D eigenvalue weighted by Crippen LogP contribution is -2.41. The number of anilines is 1. The zero-order chi connectivity index (χ0) is 17.2. The van der Waals surface area contributed by atoms with Gasteiger partial charge in [-0.1, -0.05) is 31.9 Å². The van der Waals surface area contributed by atoms with Gasteiger partial charge in [-0.2, -0.15) is 5.10 Å². The second-order valence-electron chi connectivity index (χ2n) is 6.63. The Morgan fingerprint density at radius 1 is 1.20 bits per heavy atom. The molecule has 130 valence electrons. The van der Waals surface area contributed by atoms with Gasteiger partial charge in [-0.3, -0.25) is 10.00 Å². The van der Waals surface area contributed by atoms with Crippen molar-refractivity contribution in [2.45, 2.75) is 25.4 Å². The van der Waals surface area contributed by atoms with E-state index in [-0.39, 0.29) is 0 Å². The van der Waals surface area contributed by atoms with Gasteiger partial charge in [0.25, 0.3) is 0 Å². The first-order valence-corrected chi connectivity index (χ1v) is 10.1. The monoisotopic (exact) mass is 462 g/mol. The number of rotatable bonds is 4. The number of H-pyrrole nitrogens is 1. The van der Waals surface area contributed by atoms with E-state index in [4.69, 9.17) is 0 Å². The van der Waals surface area contributed by atoms with E-state index in [2.05, 4.69) is 88.7 Å². The Morgan fingerprint density at radius 2 is 2.12 bits per heavy atom. The summed E-state index contributed by atoms with van der Waals surface area (Å²) in [7, 11) is 0. The molecular weight excluding hydrogens is 444 g/mol. The molecule has 2 N–H and O–H groups in total. The van der Waals surface area contributed by atoms with Crippen molar-refractivity contribution < 1.29 is 0 Å². The standard InChI is InChI=1S/C19H20Br2N4/c20-15-3-5-18(21)14(8-15)11-25-7-1-2-17(12-25)23-16-4-6-19-13(9-16)10-22-24-19/h3-6,8-10,17,23H,1-2,7,11-12H2,(H,22,24). The summed E-state index contributed by atoms with van der Waals surface area (Å²) in [5.41, 5.74) is 3.58. The van der Waals surface area contributed by atoms with E-state index in [9.17, 15) is 0 Å². The summed E-state index contributed by atoms with van der Waals surface area (Å²) in [6.07, 6.45) is 4.30. The Kier molecular flexibility index (Phi) is 5.10. The highest BCUT2D eigenvalue weighted by Crippen LogP contribution is 2.25. The fourth-order valence-electron chi connectivity index (χ4n) is 3.49. The minimum atomic E-state index is 0.476. The van der Waals surface area contributed by atoms with Crippen molar-refractivity contribution in [3.8, 4) is 0 Å². The van der Waals surface area contributed by atoms with E-state index in [0.717, 1.165) is 35.0 Å². The van der Waals surface area contributed by atoms with E-state index in [1.165, 1.54) is 28.6 Å². The molecule has 0 radical (unpaired) electrons. The Morgan fingerprint density at radius 3 is 3.04 bits per heavy atom. The van der Waals surface area contributed by atoms with Crippen LogP contribution in [0.15, 0.2) is 51.5 Å². The van der Waals surface area contributed by atoms with E-state index in [1.807, 2.05) is 6.20 Å². The lowest BCUT2D eigenvalue weighted by atomic mass is 10.0. The molecule has 1 aromatic heterocycles. The van der Waals surface area contributed by atoms with Gasteiger partial charge in [0.15, 0.2) is 0 Å². The molecular formula is C19H20Br2N4. The van der Waals surface area contributed by atoms with Gasteiger partial charge < -0.3 is 5.32 Å². The van der Waals surface area contributed by atoms with E-state index >= 15 is 0 Å². The summed E-state index contributed by atoms with van der Waals surface area (Å²) in [6, 6.07) is 13.2. The minimum absolute atomic E-state index is 0.476. The number of halogens is 2. The van der Waals surface area contributed by atoms with Gasteiger partial charge in [0.05, 0.1) is 11.7 Å². The maximum atomic E-state index is 4.09. The third-order valence-electron chi connectivity index (χ3n) is 4.72. The number of fused-ring (bicyclic) bond motifs is 1. The van der Waals surface area contributed by atoms with Crippen LogP contribution in [-0.4, -0.2) is 34.2 Å². The molecule has 4 nitrogen and oxygen atoms in total. The summed E-state index contributed by atoms with van der Waals surface area (Å²) >= 11 is 7.25. The van der Waals surface area contributed by atoms with Crippen LogP contribution < -0.4 is 5.32 Å². The number of nitrogens with one attached hydrogen (secondary N) is 2. The number of aromatic nitrogens is 2. The van der Waals surface area contributed by atoms with Gasteiger partial charge >= 0.3 is 0 Å². The second-order valence-corrected chi connectivity index (χ2v) is 8.40. The molecule has 0 saturated carbocycles. The number of piperidine rings is 1. The minimum Gasteiger partial charge on any atom is -0.381 e. The quantitative estimate of drug-likeness (QED) is 0.561. The zero-order valence-corrected chi connectivity index (χ0v) is 17.0. The van der Waals surface area contributed by atoms with Crippen LogP contribution in [0.2, 0.25) is 0 Å². The smallest absolute Gasteiger partial charge is 0.0651 e. The molecule has 0 bridgehead atoms. The summed E-state index contributed by atoms with van der Waals surface area (Å²) in [6.45, 7) is 3.18. The summed E-state index contributed by atoms with van der Waals surface area (Å²) in [4.78, 5) is 2.53. The maximum absolute atomic E-state index is 4.09. The highest BCUT2D eigenvalue weighted by molar-refractivity contribution is 9.11. The molecule has 3 aromatic rings. The first kappa shape index (κ1) is 17.1. The Balaban J connectivity index is 1.42. The number of hydrogen-bond donors (Lipinski definition) is 2. The third kappa shape index (κ3) is 4.07. The Hall–Kier alpha value is -1.37. The van der Waals surface area contributed by atoms with Crippen LogP contribution in [0.25, 0.3) is 10.9 Å². The van der Waals surface area contributed by atoms with Crippen LogP contribution in [0.5, 0.6) is 0 Å². The molecule has 4 rings (SSSR count). The Labute approximate surface area is 164 Å². The summed E-state index contributed by atoms with van der Waals surface area (Å²) in [5, 5.41) is 11.9. The molecule has 1 fully saturated rings. The lowest BCUT2D eigenvalue weighted by molar-refractivity contribution is 0.208. The van der Waals surface area contributed by atoms with Crippen molar-refractivity contribution >= 4 is 48.5 Å². The maximum Gasteiger partial charge on any atom is 0.0651 e. The Bertz CT molecular complexity index is 877. The van der Waals surface area contributed by atoms with Gasteiger partial charge in [-0.05, 0) is 61.3 Å². The van der Waals surface area contributed by atoms with Gasteiger partial charge in [0.1, 0.15) is 0 Å². The average molecular weight is 464 g/mol.